The van der Waals surface area contributed by atoms with E-state index >= 15 is 0 Å². The number of hydrogen-bond acceptors (Lipinski definition) is 6. The number of nitroso groups, excluding NO2 is 1. The minimum atomic E-state index is -0.581. The van der Waals surface area contributed by atoms with Crippen LogP contribution in [0.1, 0.15) is 11.1 Å². The smallest absolute Gasteiger partial charge is 0.261 e. The number of nitrogens with zero attached hydrogens (tertiary/aromatic N) is 4. The largest absolute Gasteiger partial charge is 0.271 e. The molecule has 0 fully saturated rings. The molecule has 2 aromatic carbocycles. The second kappa shape index (κ2) is 10.9. The van der Waals surface area contributed by atoms with Crippen LogP contribution >= 0.6 is 0 Å². The second-order valence-corrected chi connectivity index (χ2v) is 5.31. The maximum Gasteiger partial charge on any atom is 0.261 e. The Morgan fingerprint density at radius 2 is 1.19 bits per heavy atom. The van der Waals surface area contributed by atoms with Gasteiger partial charge in [0.25, 0.3) is 11.8 Å². The summed E-state index contributed by atoms with van der Waals surface area (Å²) in [7, 11) is 0. The Hall–Kier alpha value is -3.88. The molecule has 0 aromatic heterocycles. The van der Waals surface area contributed by atoms with E-state index in [4.69, 9.17) is 0 Å². The van der Waals surface area contributed by atoms with Crippen LogP contribution < -0.4 is 10.9 Å². The van der Waals surface area contributed by atoms with E-state index < -0.39 is 24.9 Å². The normalized spacial score (nSPS) is 10.7. The summed E-state index contributed by atoms with van der Waals surface area (Å²) in [5, 5.41) is 11.0. The number of carbonyl (C=O) groups is 2. The average molecular weight is 366 g/mol. The minimum absolute atomic E-state index is 0.411. The number of rotatable bonds is 9. The topological polar surface area (TPSA) is 116 Å². The predicted octanol–water partition coefficient (Wildman–Crippen LogP) is 1.27. The maximum atomic E-state index is 11.8. The van der Waals surface area contributed by atoms with E-state index in [-0.39, 0.29) is 0 Å². The summed E-state index contributed by atoms with van der Waals surface area (Å²) in [4.78, 5) is 34.3. The molecule has 0 heterocycles. The molecule has 0 aliphatic rings. The van der Waals surface area contributed by atoms with E-state index in [1.54, 1.807) is 0 Å². The van der Waals surface area contributed by atoms with Crippen LogP contribution in [-0.4, -0.2) is 42.3 Å². The van der Waals surface area contributed by atoms with Crippen LogP contribution in [-0.2, 0) is 9.59 Å². The van der Waals surface area contributed by atoms with Gasteiger partial charge in [-0.1, -0.05) is 60.7 Å². The molecule has 0 aliphatic heterocycles. The lowest BCUT2D eigenvalue weighted by Gasteiger charge is -2.12. The van der Waals surface area contributed by atoms with Crippen LogP contribution in [0.4, 0.5) is 0 Å². The molecule has 2 N–H and O–H groups in total. The summed E-state index contributed by atoms with van der Waals surface area (Å²) in [5.41, 5.74) is 6.13. The Labute approximate surface area is 155 Å². The van der Waals surface area contributed by atoms with E-state index in [9.17, 15) is 14.5 Å². The predicted molar refractivity (Wildman–Crippen MR) is 102 cm³/mol. The van der Waals surface area contributed by atoms with Crippen molar-refractivity contribution in [2.45, 2.75) is 0 Å². The zero-order valence-corrected chi connectivity index (χ0v) is 14.4. The van der Waals surface area contributed by atoms with Gasteiger partial charge in [-0.2, -0.15) is 10.2 Å². The monoisotopic (exact) mass is 366 g/mol. The molecule has 9 nitrogen and oxygen atoms in total. The fourth-order valence-electron chi connectivity index (χ4n) is 1.95. The first-order valence-corrected chi connectivity index (χ1v) is 7.99. The Bertz CT molecular complexity index is 743. The molecule has 2 amide bonds. The molecule has 0 atom stereocenters. The maximum absolute atomic E-state index is 11.8. The van der Waals surface area contributed by atoms with Crippen molar-refractivity contribution in [1.29, 1.82) is 0 Å². The van der Waals surface area contributed by atoms with E-state index in [2.05, 4.69) is 26.3 Å². The number of benzene rings is 2. The molecule has 27 heavy (non-hydrogen) atoms. The third-order valence-electron chi connectivity index (χ3n) is 3.17. The van der Waals surface area contributed by atoms with Crippen LogP contribution in [0.5, 0.6) is 0 Å². The Kier molecular flexibility index (Phi) is 7.83. The van der Waals surface area contributed by atoms with Crippen molar-refractivity contribution >= 4 is 24.2 Å². The number of carbonyl (C=O) groups excluding carboxylic acids is 2. The Morgan fingerprint density at radius 1 is 0.778 bits per heavy atom. The van der Waals surface area contributed by atoms with Gasteiger partial charge >= 0.3 is 0 Å². The molecular formula is C18H18N6O3. The summed E-state index contributed by atoms with van der Waals surface area (Å²) in [6, 6.07) is 18.3. The summed E-state index contributed by atoms with van der Waals surface area (Å²) in [6.45, 7) is -0.823. The third kappa shape index (κ3) is 7.69. The van der Waals surface area contributed by atoms with Gasteiger partial charge in [-0.3, -0.25) is 9.59 Å². The zero-order chi connectivity index (χ0) is 19.3. The van der Waals surface area contributed by atoms with E-state index in [0.717, 1.165) is 16.1 Å². The molecule has 2 rings (SSSR count). The molecule has 0 saturated heterocycles. The Balaban J connectivity index is 1.74. The number of amides is 2. The first kappa shape index (κ1) is 19.4. The van der Waals surface area contributed by atoms with Crippen molar-refractivity contribution < 1.29 is 9.59 Å². The quantitative estimate of drug-likeness (QED) is 0.395. The third-order valence-corrected chi connectivity index (χ3v) is 3.17. The molecule has 9 heteroatoms. The second-order valence-electron chi connectivity index (χ2n) is 5.31. The van der Waals surface area contributed by atoms with Gasteiger partial charge in [0.05, 0.1) is 17.7 Å². The van der Waals surface area contributed by atoms with Crippen molar-refractivity contribution in [2.24, 2.45) is 15.5 Å². The van der Waals surface area contributed by atoms with Crippen molar-refractivity contribution in [3.63, 3.8) is 0 Å². The van der Waals surface area contributed by atoms with Crippen LogP contribution in [0.3, 0.4) is 0 Å². The highest BCUT2D eigenvalue weighted by Crippen LogP contribution is 1.94. The Morgan fingerprint density at radius 3 is 1.56 bits per heavy atom. The van der Waals surface area contributed by atoms with Gasteiger partial charge in [0.15, 0.2) is 0 Å². The van der Waals surface area contributed by atoms with Gasteiger partial charge in [-0.25, -0.2) is 15.9 Å². The van der Waals surface area contributed by atoms with Crippen LogP contribution in [0.2, 0.25) is 0 Å². The summed E-state index contributed by atoms with van der Waals surface area (Å²) in [6.07, 6.45) is 2.92. The van der Waals surface area contributed by atoms with Crippen molar-refractivity contribution in [3.8, 4) is 0 Å². The lowest BCUT2D eigenvalue weighted by molar-refractivity contribution is -0.125. The fourth-order valence-corrected chi connectivity index (χ4v) is 1.95. The number of hydrazone groups is 2. The number of hydrogen-bond donors (Lipinski definition) is 2. The van der Waals surface area contributed by atoms with Crippen molar-refractivity contribution in [1.82, 2.24) is 15.9 Å². The fraction of sp³-hybridized carbons (Fsp3) is 0.111. The molecular weight excluding hydrogens is 348 g/mol. The van der Waals surface area contributed by atoms with Crippen LogP contribution in [0, 0.1) is 4.91 Å². The highest BCUT2D eigenvalue weighted by molar-refractivity contribution is 5.84. The molecule has 138 valence electrons. The van der Waals surface area contributed by atoms with Gasteiger partial charge in [-0.05, 0) is 11.1 Å². The molecule has 0 saturated carbocycles. The van der Waals surface area contributed by atoms with Crippen molar-refractivity contribution in [3.05, 3.63) is 76.7 Å². The van der Waals surface area contributed by atoms with Gasteiger partial charge in [-0.15, -0.1) is 4.91 Å². The van der Waals surface area contributed by atoms with E-state index in [0.29, 0.717) is 0 Å². The summed E-state index contributed by atoms with van der Waals surface area (Å²) in [5.74, 6) is -1.16. The van der Waals surface area contributed by atoms with E-state index in [1.807, 2.05) is 60.7 Å². The average Bonchev–Trinajstić information content (AvgIpc) is 2.69. The molecule has 0 unspecified atom stereocenters. The lowest BCUT2D eigenvalue weighted by atomic mass is 10.2. The van der Waals surface area contributed by atoms with Gasteiger partial charge in [0, 0.05) is 0 Å². The zero-order valence-electron chi connectivity index (χ0n) is 14.4. The standard InChI is InChI=1S/C18H18N6O3/c25-17(21-19-11-15-7-3-1-4-8-15)13-24(23-27)14-18(26)22-20-12-16-9-5-2-6-10-16/h1-12H,13-14H2,(H,21,25)(H,22,26)/b19-11+,20-12+. The van der Waals surface area contributed by atoms with Crippen LogP contribution in [0.25, 0.3) is 0 Å². The first-order valence-electron chi connectivity index (χ1n) is 7.99. The summed E-state index contributed by atoms with van der Waals surface area (Å²) >= 11 is 0. The van der Waals surface area contributed by atoms with Gasteiger partial charge in [0.2, 0.25) is 0 Å². The summed E-state index contributed by atoms with van der Waals surface area (Å²) < 4.78 is 0. The van der Waals surface area contributed by atoms with Gasteiger partial charge in [0.1, 0.15) is 13.1 Å². The van der Waals surface area contributed by atoms with Crippen LogP contribution in [0.15, 0.2) is 76.2 Å². The minimum Gasteiger partial charge on any atom is -0.271 e. The van der Waals surface area contributed by atoms with E-state index in [1.165, 1.54) is 12.4 Å². The number of nitrogens with one attached hydrogen (secondary N) is 2. The lowest BCUT2D eigenvalue weighted by Crippen LogP contribution is -2.38. The highest BCUT2D eigenvalue weighted by Gasteiger charge is 2.13. The molecule has 0 bridgehead atoms. The molecule has 0 aliphatic carbocycles. The molecule has 0 radical (unpaired) electrons. The van der Waals surface area contributed by atoms with Crippen molar-refractivity contribution in [2.75, 3.05) is 13.1 Å². The SMILES string of the molecule is O=NN(CC(=O)N/N=C/c1ccccc1)CC(=O)N/N=C/c1ccccc1. The first-order chi connectivity index (χ1) is 13.2. The highest BCUT2D eigenvalue weighted by atomic mass is 16.3. The molecule has 0 spiro atoms. The van der Waals surface area contributed by atoms with Gasteiger partial charge < -0.3 is 0 Å². The molecule has 2 aromatic rings.